The van der Waals surface area contributed by atoms with Gasteiger partial charge < -0.3 is 10.1 Å². The summed E-state index contributed by atoms with van der Waals surface area (Å²) in [5, 5.41) is 11.4. The van der Waals surface area contributed by atoms with Gasteiger partial charge in [0.15, 0.2) is 5.16 Å². The third kappa shape index (κ3) is 2.53. The quantitative estimate of drug-likeness (QED) is 0.680. The van der Waals surface area contributed by atoms with E-state index in [0.717, 1.165) is 22.2 Å². The van der Waals surface area contributed by atoms with E-state index >= 15 is 0 Å². The number of hydrogen-bond donors (Lipinski definition) is 1. The van der Waals surface area contributed by atoms with Crippen LogP contribution >= 0.6 is 23.1 Å². The molecule has 0 saturated heterocycles. The number of aliphatic carboxylic acids is 1. The molecule has 0 fully saturated rings. The molecule has 2 rings (SSSR count). The van der Waals surface area contributed by atoms with E-state index in [1.807, 2.05) is 13.8 Å². The van der Waals surface area contributed by atoms with E-state index in [1.54, 1.807) is 19.1 Å². The number of thioether (sulfide) groups is 1. The molecule has 6 nitrogen and oxygen atoms in total. The first-order valence-electron chi connectivity index (χ1n) is 5.88. The third-order valence-electron chi connectivity index (χ3n) is 2.88. The Bertz CT molecular complexity index is 734. The standard InChI is InChI=1S/C12H15N3O3S2/c1-6-7(2)20-10-9(6)11(18)15(14(3)4)12(13-10)19-5-8(16)17/h5H2,1-4H3,(H,16,17). The van der Waals surface area contributed by atoms with Crippen LogP contribution in [0.5, 0.6) is 0 Å². The summed E-state index contributed by atoms with van der Waals surface area (Å²) >= 11 is 2.50. The van der Waals surface area contributed by atoms with Crippen LogP contribution in [0.1, 0.15) is 10.4 Å². The van der Waals surface area contributed by atoms with Gasteiger partial charge in [-0.15, -0.1) is 11.3 Å². The van der Waals surface area contributed by atoms with E-state index in [2.05, 4.69) is 4.98 Å². The molecular weight excluding hydrogens is 298 g/mol. The van der Waals surface area contributed by atoms with E-state index in [9.17, 15) is 9.59 Å². The molecule has 0 aromatic carbocycles. The molecule has 0 atom stereocenters. The first kappa shape index (κ1) is 14.9. The Labute approximate surface area is 124 Å². The molecule has 0 radical (unpaired) electrons. The van der Waals surface area contributed by atoms with Crippen LogP contribution in [0.3, 0.4) is 0 Å². The SMILES string of the molecule is Cc1sc2nc(SCC(=O)O)n(N(C)C)c(=O)c2c1C. The molecule has 0 amide bonds. The highest BCUT2D eigenvalue weighted by atomic mass is 32.2. The van der Waals surface area contributed by atoms with Crippen LogP contribution in [0, 0.1) is 13.8 Å². The predicted molar refractivity (Wildman–Crippen MR) is 81.8 cm³/mol. The van der Waals surface area contributed by atoms with Crippen LogP contribution in [-0.2, 0) is 4.79 Å². The number of carboxylic acids is 1. The zero-order chi connectivity index (χ0) is 15.0. The molecule has 0 unspecified atom stereocenters. The fraction of sp³-hybridized carbons (Fsp3) is 0.417. The topological polar surface area (TPSA) is 75.4 Å². The Balaban J connectivity index is 2.70. The molecular formula is C12H15N3O3S2. The second-order valence-electron chi connectivity index (χ2n) is 4.50. The average Bonchev–Trinajstić information content (AvgIpc) is 2.62. The van der Waals surface area contributed by atoms with Gasteiger partial charge in [-0.2, -0.15) is 4.68 Å². The van der Waals surface area contributed by atoms with Gasteiger partial charge in [0.25, 0.3) is 5.56 Å². The van der Waals surface area contributed by atoms with E-state index < -0.39 is 5.97 Å². The molecule has 0 aliphatic carbocycles. The van der Waals surface area contributed by atoms with Crippen molar-refractivity contribution in [2.24, 2.45) is 0 Å². The Hall–Kier alpha value is -1.54. The zero-order valence-corrected chi connectivity index (χ0v) is 13.3. The molecule has 0 spiro atoms. The summed E-state index contributed by atoms with van der Waals surface area (Å²) in [7, 11) is 3.46. The van der Waals surface area contributed by atoms with Gasteiger partial charge in [-0.05, 0) is 19.4 Å². The van der Waals surface area contributed by atoms with Crippen molar-refractivity contribution in [1.29, 1.82) is 0 Å². The molecule has 0 saturated carbocycles. The average molecular weight is 313 g/mol. The van der Waals surface area contributed by atoms with Crippen LogP contribution in [0.4, 0.5) is 0 Å². The molecule has 108 valence electrons. The van der Waals surface area contributed by atoms with Crippen molar-refractivity contribution in [3.63, 3.8) is 0 Å². The molecule has 8 heteroatoms. The maximum atomic E-state index is 12.6. The number of nitrogens with zero attached hydrogens (tertiary/aromatic N) is 3. The summed E-state index contributed by atoms with van der Waals surface area (Å²) in [6.45, 7) is 3.85. The minimum absolute atomic E-state index is 0.130. The summed E-state index contributed by atoms with van der Waals surface area (Å²) in [5.74, 6) is -1.07. The largest absolute Gasteiger partial charge is 0.481 e. The molecule has 0 bridgehead atoms. The van der Waals surface area contributed by atoms with Crippen molar-refractivity contribution in [2.75, 3.05) is 24.9 Å². The first-order valence-corrected chi connectivity index (χ1v) is 7.68. The summed E-state index contributed by atoms with van der Waals surface area (Å²) in [6, 6.07) is 0. The highest BCUT2D eigenvalue weighted by Crippen LogP contribution is 2.28. The van der Waals surface area contributed by atoms with Crippen LogP contribution < -0.4 is 10.6 Å². The third-order valence-corrected chi connectivity index (χ3v) is 4.89. The Morgan fingerprint density at radius 2 is 2.10 bits per heavy atom. The van der Waals surface area contributed by atoms with Gasteiger partial charge in [0.05, 0.1) is 11.1 Å². The van der Waals surface area contributed by atoms with Gasteiger partial charge in [-0.3, -0.25) is 9.59 Å². The molecule has 20 heavy (non-hydrogen) atoms. The highest BCUT2D eigenvalue weighted by Gasteiger charge is 2.18. The summed E-state index contributed by atoms with van der Waals surface area (Å²) in [4.78, 5) is 29.5. The number of aromatic nitrogens is 2. The van der Waals surface area contributed by atoms with Crippen LogP contribution in [-0.4, -0.2) is 40.6 Å². The van der Waals surface area contributed by atoms with Crippen LogP contribution in [0.2, 0.25) is 0 Å². The molecule has 2 aromatic rings. The molecule has 2 heterocycles. The lowest BCUT2D eigenvalue weighted by atomic mass is 10.2. The number of thiophene rings is 1. The van der Waals surface area contributed by atoms with Crippen molar-refractivity contribution >= 4 is 39.3 Å². The van der Waals surface area contributed by atoms with Gasteiger partial charge in [-0.25, -0.2) is 4.98 Å². The van der Waals surface area contributed by atoms with Gasteiger partial charge in [0.1, 0.15) is 4.83 Å². The zero-order valence-electron chi connectivity index (χ0n) is 11.6. The second kappa shape index (κ2) is 5.45. The number of fused-ring (bicyclic) bond motifs is 1. The predicted octanol–water partition coefficient (Wildman–Crippen LogP) is 1.45. The summed E-state index contributed by atoms with van der Waals surface area (Å²) in [5.41, 5.74) is 0.780. The fourth-order valence-electron chi connectivity index (χ4n) is 1.84. The first-order chi connectivity index (χ1) is 9.32. The molecule has 0 aliphatic rings. The number of rotatable bonds is 4. The summed E-state index contributed by atoms with van der Waals surface area (Å²) in [6.07, 6.45) is 0. The molecule has 0 aliphatic heterocycles. The van der Waals surface area contributed by atoms with Gasteiger partial charge in [-0.1, -0.05) is 11.8 Å². The van der Waals surface area contributed by atoms with Crippen LogP contribution in [0.25, 0.3) is 10.2 Å². The van der Waals surface area contributed by atoms with Gasteiger partial charge in [0, 0.05) is 19.0 Å². The van der Waals surface area contributed by atoms with Crippen molar-refractivity contribution < 1.29 is 9.90 Å². The monoisotopic (exact) mass is 313 g/mol. The van der Waals surface area contributed by atoms with E-state index in [1.165, 1.54) is 16.0 Å². The Kier molecular flexibility index (Phi) is 4.05. The van der Waals surface area contributed by atoms with Crippen molar-refractivity contribution in [2.45, 2.75) is 19.0 Å². The van der Waals surface area contributed by atoms with E-state index in [0.29, 0.717) is 15.4 Å². The van der Waals surface area contributed by atoms with E-state index in [-0.39, 0.29) is 11.3 Å². The lowest BCUT2D eigenvalue weighted by Crippen LogP contribution is -2.38. The van der Waals surface area contributed by atoms with Crippen molar-refractivity contribution in [3.8, 4) is 0 Å². The summed E-state index contributed by atoms with van der Waals surface area (Å²) < 4.78 is 1.41. The second-order valence-corrected chi connectivity index (χ2v) is 6.65. The minimum Gasteiger partial charge on any atom is -0.481 e. The van der Waals surface area contributed by atoms with Crippen molar-refractivity contribution in [3.05, 3.63) is 20.8 Å². The Morgan fingerprint density at radius 3 is 2.65 bits per heavy atom. The van der Waals surface area contributed by atoms with Crippen LogP contribution in [0.15, 0.2) is 9.95 Å². The number of hydrogen-bond acceptors (Lipinski definition) is 6. The van der Waals surface area contributed by atoms with Gasteiger partial charge >= 0.3 is 5.97 Å². The fourth-order valence-corrected chi connectivity index (χ4v) is 3.69. The number of carbonyl (C=O) groups is 1. The number of aryl methyl sites for hydroxylation is 2. The maximum absolute atomic E-state index is 12.6. The van der Waals surface area contributed by atoms with Crippen molar-refractivity contribution in [1.82, 2.24) is 9.66 Å². The van der Waals surface area contributed by atoms with E-state index in [4.69, 9.17) is 5.11 Å². The highest BCUT2D eigenvalue weighted by molar-refractivity contribution is 7.99. The van der Waals surface area contributed by atoms with Gasteiger partial charge in [0.2, 0.25) is 0 Å². The lowest BCUT2D eigenvalue weighted by molar-refractivity contribution is -0.133. The lowest BCUT2D eigenvalue weighted by Gasteiger charge is -2.18. The Morgan fingerprint density at radius 1 is 1.45 bits per heavy atom. The smallest absolute Gasteiger partial charge is 0.313 e. The normalized spacial score (nSPS) is 11.0. The molecule has 2 aromatic heterocycles. The maximum Gasteiger partial charge on any atom is 0.313 e. The molecule has 1 N–H and O–H groups in total. The number of carboxylic acid groups (broad SMARTS) is 1. The minimum atomic E-state index is -0.937.